The van der Waals surface area contributed by atoms with E-state index in [1.54, 1.807) is 7.11 Å². The molecule has 3 nitrogen and oxygen atoms in total. The molecule has 0 aromatic carbocycles. The third kappa shape index (κ3) is 6.98. The largest absolute Gasteiger partial charge is 0.383 e. The van der Waals surface area contributed by atoms with Gasteiger partial charge in [0.05, 0.1) is 18.1 Å². The van der Waals surface area contributed by atoms with Crippen molar-refractivity contribution in [3.8, 4) is 6.07 Å². The number of hydrogen-bond acceptors (Lipinski definition) is 3. The van der Waals surface area contributed by atoms with Crippen LogP contribution in [0.1, 0.15) is 53.4 Å². The first kappa shape index (κ1) is 17.4. The molecule has 3 heteroatoms. The summed E-state index contributed by atoms with van der Waals surface area (Å²) in [5, 5.41) is 9.02. The molecule has 0 atom stereocenters. The van der Waals surface area contributed by atoms with Gasteiger partial charge in [0.25, 0.3) is 0 Å². The van der Waals surface area contributed by atoms with Gasteiger partial charge in [-0.05, 0) is 46.1 Å². The van der Waals surface area contributed by atoms with E-state index in [-0.39, 0.29) is 5.41 Å². The second-order valence-corrected chi connectivity index (χ2v) is 5.60. The maximum Gasteiger partial charge on any atom is 0.0683 e. The van der Waals surface area contributed by atoms with E-state index < -0.39 is 0 Å². The summed E-state index contributed by atoms with van der Waals surface area (Å²) in [5.74, 6) is 0. The number of nitrogens with zero attached hydrogens (tertiary/aromatic N) is 2. The molecule has 0 aromatic rings. The minimum atomic E-state index is -0.194. The molecule has 0 rings (SSSR count). The van der Waals surface area contributed by atoms with Gasteiger partial charge in [-0.3, -0.25) is 4.90 Å². The second kappa shape index (κ2) is 9.35. The average molecular weight is 254 g/mol. The Balaban J connectivity index is 4.20. The lowest BCUT2D eigenvalue weighted by Gasteiger charge is -2.31. The highest BCUT2D eigenvalue weighted by molar-refractivity contribution is 4.91. The first-order valence-corrected chi connectivity index (χ1v) is 7.15. The Kier molecular flexibility index (Phi) is 9.05. The van der Waals surface area contributed by atoms with E-state index in [0.717, 1.165) is 32.5 Å². The summed E-state index contributed by atoms with van der Waals surface area (Å²) in [6.07, 6.45) is 4.41. The SMILES string of the molecule is CCC(CC)N(CCCC(C)(C)C#N)CCOC. The number of hydrogen-bond donors (Lipinski definition) is 0. The molecule has 0 saturated heterocycles. The molecule has 0 aliphatic rings. The lowest BCUT2D eigenvalue weighted by molar-refractivity contribution is 0.112. The lowest BCUT2D eigenvalue weighted by atomic mass is 9.89. The summed E-state index contributed by atoms with van der Waals surface area (Å²) < 4.78 is 5.19. The van der Waals surface area contributed by atoms with E-state index in [9.17, 15) is 0 Å². The highest BCUT2D eigenvalue weighted by Gasteiger charge is 2.19. The highest BCUT2D eigenvalue weighted by Crippen LogP contribution is 2.21. The Bertz CT molecular complexity index is 241. The molecule has 0 aliphatic heterocycles. The lowest BCUT2D eigenvalue weighted by Crippen LogP contribution is -2.38. The Morgan fingerprint density at radius 2 is 1.83 bits per heavy atom. The molecule has 0 saturated carbocycles. The summed E-state index contributed by atoms with van der Waals surface area (Å²) >= 11 is 0. The van der Waals surface area contributed by atoms with Crippen LogP contribution in [-0.4, -0.2) is 37.7 Å². The van der Waals surface area contributed by atoms with Crippen LogP contribution in [-0.2, 0) is 4.74 Å². The molecule has 0 spiro atoms. The standard InChI is InChI=1S/C15H30N2O/c1-6-14(7-2)17(11-12-18-5)10-8-9-15(3,4)13-16/h14H,6-12H2,1-5H3. The van der Waals surface area contributed by atoms with Crippen molar-refractivity contribution in [2.24, 2.45) is 5.41 Å². The van der Waals surface area contributed by atoms with Crippen molar-refractivity contribution in [1.29, 1.82) is 5.26 Å². The molecule has 0 fully saturated rings. The summed E-state index contributed by atoms with van der Waals surface area (Å²) in [6.45, 7) is 11.4. The minimum absolute atomic E-state index is 0.194. The Morgan fingerprint density at radius 3 is 2.28 bits per heavy atom. The smallest absolute Gasteiger partial charge is 0.0683 e. The highest BCUT2D eigenvalue weighted by atomic mass is 16.5. The monoisotopic (exact) mass is 254 g/mol. The van der Waals surface area contributed by atoms with Gasteiger partial charge in [0.1, 0.15) is 0 Å². The molecule has 0 heterocycles. The fourth-order valence-electron chi connectivity index (χ4n) is 2.27. The van der Waals surface area contributed by atoms with Gasteiger partial charge in [-0.1, -0.05) is 13.8 Å². The van der Waals surface area contributed by atoms with Gasteiger partial charge in [0, 0.05) is 19.7 Å². The van der Waals surface area contributed by atoms with E-state index in [0.29, 0.717) is 6.04 Å². The molecule has 0 amide bonds. The molecule has 0 radical (unpaired) electrons. The normalized spacial score (nSPS) is 12.1. The zero-order chi connectivity index (χ0) is 14.0. The van der Waals surface area contributed by atoms with Crippen LogP contribution in [0.25, 0.3) is 0 Å². The number of nitriles is 1. The zero-order valence-corrected chi connectivity index (χ0v) is 12.8. The predicted molar refractivity (Wildman–Crippen MR) is 76.4 cm³/mol. The van der Waals surface area contributed by atoms with Crippen LogP contribution in [0.4, 0.5) is 0 Å². The van der Waals surface area contributed by atoms with Gasteiger partial charge >= 0.3 is 0 Å². The van der Waals surface area contributed by atoms with Crippen molar-refractivity contribution in [2.75, 3.05) is 26.8 Å². The van der Waals surface area contributed by atoms with Gasteiger partial charge in [0.15, 0.2) is 0 Å². The third-order valence-electron chi connectivity index (χ3n) is 3.59. The van der Waals surface area contributed by atoms with Crippen LogP contribution in [0.15, 0.2) is 0 Å². The van der Waals surface area contributed by atoms with Crippen LogP contribution < -0.4 is 0 Å². The van der Waals surface area contributed by atoms with Crippen LogP contribution in [0.2, 0.25) is 0 Å². The number of methoxy groups -OCH3 is 1. The van der Waals surface area contributed by atoms with Gasteiger partial charge in [0.2, 0.25) is 0 Å². The molecular formula is C15H30N2O. The van der Waals surface area contributed by atoms with Crippen molar-refractivity contribution in [3.05, 3.63) is 0 Å². The molecule has 0 aliphatic carbocycles. The topological polar surface area (TPSA) is 36.3 Å². The fraction of sp³-hybridized carbons (Fsp3) is 0.933. The van der Waals surface area contributed by atoms with Crippen molar-refractivity contribution in [1.82, 2.24) is 4.90 Å². The number of rotatable bonds is 10. The van der Waals surface area contributed by atoms with Crippen LogP contribution in [0.3, 0.4) is 0 Å². The summed E-state index contributed by atoms with van der Waals surface area (Å²) in [6, 6.07) is 3.02. The van der Waals surface area contributed by atoms with Crippen molar-refractivity contribution in [3.63, 3.8) is 0 Å². The zero-order valence-electron chi connectivity index (χ0n) is 12.8. The van der Waals surface area contributed by atoms with Gasteiger partial charge in [-0.25, -0.2) is 0 Å². The van der Waals surface area contributed by atoms with Crippen molar-refractivity contribution < 1.29 is 4.74 Å². The Morgan fingerprint density at radius 1 is 1.22 bits per heavy atom. The maximum atomic E-state index is 9.02. The molecule has 0 bridgehead atoms. The summed E-state index contributed by atoms with van der Waals surface area (Å²) in [5.41, 5.74) is -0.194. The minimum Gasteiger partial charge on any atom is -0.383 e. The molecule has 18 heavy (non-hydrogen) atoms. The van der Waals surface area contributed by atoms with Crippen molar-refractivity contribution in [2.45, 2.75) is 59.4 Å². The van der Waals surface area contributed by atoms with Gasteiger partial charge < -0.3 is 4.74 Å². The second-order valence-electron chi connectivity index (χ2n) is 5.60. The van der Waals surface area contributed by atoms with Crippen LogP contribution in [0.5, 0.6) is 0 Å². The first-order valence-electron chi connectivity index (χ1n) is 7.15. The van der Waals surface area contributed by atoms with E-state index in [4.69, 9.17) is 10.00 Å². The fourth-order valence-corrected chi connectivity index (χ4v) is 2.27. The van der Waals surface area contributed by atoms with Crippen molar-refractivity contribution >= 4 is 0 Å². The Hall–Kier alpha value is -0.590. The van der Waals surface area contributed by atoms with E-state index in [2.05, 4.69) is 24.8 Å². The Labute approximate surface area is 113 Å². The van der Waals surface area contributed by atoms with E-state index in [1.807, 2.05) is 13.8 Å². The summed E-state index contributed by atoms with van der Waals surface area (Å²) in [4.78, 5) is 2.51. The molecule has 0 unspecified atom stereocenters. The maximum absolute atomic E-state index is 9.02. The average Bonchev–Trinajstić information content (AvgIpc) is 2.36. The van der Waals surface area contributed by atoms with Gasteiger partial charge in [-0.15, -0.1) is 0 Å². The number of ether oxygens (including phenoxy) is 1. The summed E-state index contributed by atoms with van der Waals surface area (Å²) in [7, 11) is 1.75. The molecule has 0 N–H and O–H groups in total. The van der Waals surface area contributed by atoms with Gasteiger partial charge in [-0.2, -0.15) is 5.26 Å². The van der Waals surface area contributed by atoms with E-state index >= 15 is 0 Å². The molecular weight excluding hydrogens is 224 g/mol. The quantitative estimate of drug-likeness (QED) is 0.599. The first-order chi connectivity index (χ1) is 8.50. The molecule has 106 valence electrons. The van der Waals surface area contributed by atoms with Crippen LogP contribution >= 0.6 is 0 Å². The molecule has 0 aromatic heterocycles. The van der Waals surface area contributed by atoms with Crippen LogP contribution in [0, 0.1) is 16.7 Å². The third-order valence-corrected chi connectivity index (χ3v) is 3.59. The van der Waals surface area contributed by atoms with E-state index in [1.165, 1.54) is 12.8 Å². The predicted octanol–water partition coefficient (Wildman–Crippen LogP) is 3.45.